The number of rotatable bonds is 4. The van der Waals surface area contributed by atoms with Crippen LogP contribution in [0.2, 0.25) is 0 Å². The molecule has 6 heteroatoms. The normalized spacial score (nSPS) is 24.4. The van der Waals surface area contributed by atoms with E-state index in [2.05, 4.69) is 45.1 Å². The second-order valence-corrected chi connectivity index (χ2v) is 6.43. The van der Waals surface area contributed by atoms with Crippen LogP contribution in [0.1, 0.15) is 25.5 Å². The molecule has 1 fully saturated rings. The third kappa shape index (κ3) is 2.55. The van der Waals surface area contributed by atoms with E-state index in [9.17, 15) is 0 Å². The predicted octanol–water partition coefficient (Wildman–Crippen LogP) is 1.98. The Balaban J connectivity index is 1.69. The predicted molar refractivity (Wildman–Crippen MR) is 81.6 cm³/mol. The number of hydrogen-bond acceptors (Lipinski definition) is 5. The first-order valence-corrected chi connectivity index (χ1v) is 7.99. The van der Waals surface area contributed by atoms with Gasteiger partial charge in [-0.2, -0.15) is 4.98 Å². The number of nitrogens with zero attached hydrogens (tertiary/aromatic N) is 3. The molecule has 0 bridgehead atoms. The molecule has 0 aliphatic carbocycles. The molecule has 0 aromatic carbocycles. The summed E-state index contributed by atoms with van der Waals surface area (Å²) in [7, 11) is 3.89. The maximum atomic E-state index is 5.39. The zero-order valence-electron chi connectivity index (χ0n) is 12.3. The Morgan fingerprint density at radius 3 is 3.15 bits per heavy atom. The summed E-state index contributed by atoms with van der Waals surface area (Å²) >= 11 is 1.64. The molecular weight excluding hydrogens is 272 g/mol. The Labute approximate surface area is 123 Å². The lowest BCUT2D eigenvalue weighted by molar-refractivity contribution is 0.167. The zero-order valence-corrected chi connectivity index (χ0v) is 13.1. The van der Waals surface area contributed by atoms with Crippen molar-refractivity contribution >= 4 is 16.3 Å². The van der Waals surface area contributed by atoms with E-state index in [1.165, 1.54) is 12.8 Å². The van der Waals surface area contributed by atoms with Crippen LogP contribution in [-0.4, -0.2) is 47.1 Å². The highest BCUT2D eigenvalue weighted by Gasteiger charge is 2.23. The van der Waals surface area contributed by atoms with Gasteiger partial charge in [0, 0.05) is 30.2 Å². The number of hydrogen-bond donors (Lipinski definition) is 1. The Hall–Kier alpha value is -1.11. The first-order chi connectivity index (χ1) is 9.69. The van der Waals surface area contributed by atoms with E-state index in [1.54, 1.807) is 18.4 Å². The Bertz CT molecular complexity index is 579. The first-order valence-electron chi connectivity index (χ1n) is 7.11. The lowest BCUT2D eigenvalue weighted by atomic mass is 9.99. The van der Waals surface area contributed by atoms with Crippen molar-refractivity contribution in [2.24, 2.45) is 0 Å². The van der Waals surface area contributed by atoms with E-state index in [0.29, 0.717) is 12.1 Å². The van der Waals surface area contributed by atoms with Crippen molar-refractivity contribution in [2.45, 2.75) is 38.4 Å². The third-order valence-electron chi connectivity index (χ3n) is 4.28. The molecule has 0 amide bonds. The molecule has 0 radical (unpaired) electrons. The summed E-state index contributed by atoms with van der Waals surface area (Å²) in [5, 5.41) is 5.73. The van der Waals surface area contributed by atoms with Crippen LogP contribution in [0.25, 0.3) is 4.96 Å². The molecule has 2 aromatic rings. The summed E-state index contributed by atoms with van der Waals surface area (Å²) in [5.74, 6) is 0.741. The van der Waals surface area contributed by atoms with Crippen LogP contribution in [0.4, 0.5) is 0 Å². The Kier molecular flexibility index (Phi) is 3.96. The van der Waals surface area contributed by atoms with Gasteiger partial charge in [-0.1, -0.05) is 0 Å². The average Bonchev–Trinajstić information content (AvgIpc) is 3.00. The lowest BCUT2D eigenvalue weighted by Gasteiger charge is -2.35. The number of likely N-dealkylation sites (tertiary alicyclic amines) is 1. The molecule has 2 unspecified atom stereocenters. The van der Waals surface area contributed by atoms with Crippen molar-refractivity contribution in [1.82, 2.24) is 19.6 Å². The maximum Gasteiger partial charge on any atom is 0.237 e. The minimum Gasteiger partial charge on any atom is -0.480 e. The van der Waals surface area contributed by atoms with E-state index in [1.807, 2.05) is 0 Å². The maximum absolute atomic E-state index is 5.39. The topological polar surface area (TPSA) is 41.8 Å². The molecule has 110 valence electrons. The van der Waals surface area contributed by atoms with Gasteiger partial charge in [-0.3, -0.25) is 4.40 Å². The van der Waals surface area contributed by atoms with E-state index in [-0.39, 0.29) is 0 Å². The van der Waals surface area contributed by atoms with Gasteiger partial charge in [-0.05, 0) is 33.4 Å². The molecule has 1 N–H and O–H groups in total. The number of imidazole rings is 1. The van der Waals surface area contributed by atoms with Crippen molar-refractivity contribution in [2.75, 3.05) is 20.7 Å². The van der Waals surface area contributed by atoms with E-state index in [4.69, 9.17) is 4.74 Å². The molecule has 2 atom stereocenters. The van der Waals surface area contributed by atoms with Crippen molar-refractivity contribution in [3.05, 3.63) is 17.3 Å². The second-order valence-electron chi connectivity index (χ2n) is 5.56. The quantitative estimate of drug-likeness (QED) is 0.936. The van der Waals surface area contributed by atoms with E-state index < -0.39 is 0 Å². The van der Waals surface area contributed by atoms with Crippen LogP contribution < -0.4 is 10.1 Å². The Morgan fingerprint density at radius 1 is 1.55 bits per heavy atom. The highest BCUT2D eigenvalue weighted by molar-refractivity contribution is 7.15. The smallest absolute Gasteiger partial charge is 0.237 e. The van der Waals surface area contributed by atoms with Crippen LogP contribution in [0.5, 0.6) is 5.88 Å². The summed E-state index contributed by atoms with van der Waals surface area (Å²) in [6.45, 7) is 4.27. The second kappa shape index (κ2) is 5.71. The van der Waals surface area contributed by atoms with Crippen LogP contribution in [0, 0.1) is 0 Å². The van der Waals surface area contributed by atoms with Gasteiger partial charge in [0.1, 0.15) is 5.69 Å². The fourth-order valence-electron chi connectivity index (χ4n) is 2.85. The van der Waals surface area contributed by atoms with Crippen molar-refractivity contribution < 1.29 is 4.74 Å². The standard InChI is InChI=1S/C14H22N4OS/c1-10-8-11(4-5-17(10)2)15-9-12-13(19-3)16-14-18(12)6-7-20-14/h6-7,10-11,15H,4-5,8-9H2,1-3H3. The molecule has 3 heterocycles. The molecule has 1 aliphatic heterocycles. The van der Waals surface area contributed by atoms with Gasteiger partial charge < -0.3 is 15.0 Å². The van der Waals surface area contributed by atoms with Gasteiger partial charge in [0.25, 0.3) is 0 Å². The number of ether oxygens (including phenoxy) is 1. The largest absolute Gasteiger partial charge is 0.480 e. The average molecular weight is 294 g/mol. The van der Waals surface area contributed by atoms with Crippen LogP contribution >= 0.6 is 11.3 Å². The summed E-state index contributed by atoms with van der Waals surface area (Å²) in [5.41, 5.74) is 1.12. The molecule has 1 saturated heterocycles. The summed E-state index contributed by atoms with van der Waals surface area (Å²) in [6.07, 6.45) is 4.46. The van der Waals surface area contributed by atoms with Crippen LogP contribution in [0.15, 0.2) is 11.6 Å². The van der Waals surface area contributed by atoms with Crippen LogP contribution in [0.3, 0.4) is 0 Å². The van der Waals surface area contributed by atoms with Gasteiger partial charge in [0.05, 0.1) is 7.11 Å². The molecule has 3 rings (SSSR count). The van der Waals surface area contributed by atoms with Gasteiger partial charge in [0.15, 0.2) is 4.96 Å². The number of methoxy groups -OCH3 is 1. The zero-order chi connectivity index (χ0) is 14.1. The number of fused-ring (bicyclic) bond motifs is 1. The van der Waals surface area contributed by atoms with Gasteiger partial charge in [0.2, 0.25) is 5.88 Å². The van der Waals surface area contributed by atoms with Gasteiger partial charge >= 0.3 is 0 Å². The molecule has 5 nitrogen and oxygen atoms in total. The summed E-state index contributed by atoms with van der Waals surface area (Å²) in [6, 6.07) is 1.23. The van der Waals surface area contributed by atoms with E-state index >= 15 is 0 Å². The highest BCUT2D eigenvalue weighted by atomic mass is 32.1. The molecule has 2 aromatic heterocycles. The van der Waals surface area contributed by atoms with Crippen molar-refractivity contribution in [3.8, 4) is 5.88 Å². The monoisotopic (exact) mass is 294 g/mol. The minimum atomic E-state index is 0.579. The van der Waals surface area contributed by atoms with E-state index in [0.717, 1.165) is 29.6 Å². The van der Waals surface area contributed by atoms with Crippen molar-refractivity contribution in [3.63, 3.8) is 0 Å². The SMILES string of the molecule is COc1nc2sccn2c1CNC1CCN(C)C(C)C1. The molecule has 20 heavy (non-hydrogen) atoms. The van der Waals surface area contributed by atoms with Gasteiger partial charge in [-0.25, -0.2) is 0 Å². The molecule has 0 spiro atoms. The highest BCUT2D eigenvalue weighted by Crippen LogP contribution is 2.23. The number of aromatic nitrogens is 2. The van der Waals surface area contributed by atoms with Crippen LogP contribution in [-0.2, 0) is 6.54 Å². The first kappa shape index (κ1) is 13.9. The minimum absolute atomic E-state index is 0.579. The fourth-order valence-corrected chi connectivity index (χ4v) is 3.58. The number of thiazole rings is 1. The van der Waals surface area contributed by atoms with Crippen molar-refractivity contribution in [1.29, 1.82) is 0 Å². The molecule has 0 saturated carbocycles. The third-order valence-corrected chi connectivity index (χ3v) is 5.04. The van der Waals surface area contributed by atoms with Gasteiger partial charge in [-0.15, -0.1) is 11.3 Å². The number of piperidine rings is 1. The molecule has 1 aliphatic rings. The lowest BCUT2D eigenvalue weighted by Crippen LogP contribution is -2.45. The fraction of sp³-hybridized carbons (Fsp3) is 0.643. The molecular formula is C14H22N4OS. The summed E-state index contributed by atoms with van der Waals surface area (Å²) < 4.78 is 7.51. The number of nitrogens with one attached hydrogen (secondary N) is 1. The summed E-state index contributed by atoms with van der Waals surface area (Å²) in [4.78, 5) is 7.91. The Morgan fingerprint density at radius 2 is 2.40 bits per heavy atom.